The minimum absolute atomic E-state index is 0.0910. The molecule has 2 rings (SSSR count). The second-order valence-corrected chi connectivity index (χ2v) is 5.81. The molecule has 2 N–H and O–H groups in total. The first-order valence-corrected chi connectivity index (χ1v) is 7.35. The SMILES string of the molecule is CC(N)Cc1cc(F)ccc1OCc1ccc(F)cc1Br. The van der Waals surface area contributed by atoms with Crippen LogP contribution in [0.2, 0.25) is 0 Å². The topological polar surface area (TPSA) is 35.2 Å². The Bertz CT molecular complexity index is 632. The Balaban J connectivity index is 2.15. The lowest BCUT2D eigenvalue weighted by atomic mass is 10.1. The molecule has 0 saturated carbocycles. The predicted molar refractivity (Wildman–Crippen MR) is 82.2 cm³/mol. The van der Waals surface area contributed by atoms with Gasteiger partial charge in [-0.25, -0.2) is 8.78 Å². The summed E-state index contributed by atoms with van der Waals surface area (Å²) in [5.41, 5.74) is 7.30. The Hall–Kier alpha value is -1.46. The normalized spacial score (nSPS) is 12.2. The smallest absolute Gasteiger partial charge is 0.124 e. The van der Waals surface area contributed by atoms with Crippen LogP contribution in [0.4, 0.5) is 8.78 Å². The first kappa shape index (κ1) is 15.9. The molecule has 0 spiro atoms. The molecule has 1 unspecified atom stereocenters. The van der Waals surface area contributed by atoms with Gasteiger partial charge in [-0.15, -0.1) is 0 Å². The van der Waals surface area contributed by atoms with Crippen LogP contribution in [-0.4, -0.2) is 6.04 Å². The van der Waals surface area contributed by atoms with Crippen molar-refractivity contribution in [3.05, 3.63) is 63.6 Å². The lowest BCUT2D eigenvalue weighted by molar-refractivity contribution is 0.301. The van der Waals surface area contributed by atoms with Gasteiger partial charge < -0.3 is 10.5 Å². The van der Waals surface area contributed by atoms with E-state index in [-0.39, 0.29) is 24.3 Å². The van der Waals surface area contributed by atoms with Crippen LogP contribution in [-0.2, 0) is 13.0 Å². The zero-order valence-electron chi connectivity index (χ0n) is 11.6. The van der Waals surface area contributed by atoms with Crippen LogP contribution in [0, 0.1) is 11.6 Å². The number of ether oxygens (including phenoxy) is 1. The molecule has 0 saturated heterocycles. The van der Waals surface area contributed by atoms with Crippen LogP contribution in [0.25, 0.3) is 0 Å². The van der Waals surface area contributed by atoms with E-state index >= 15 is 0 Å². The van der Waals surface area contributed by atoms with Gasteiger partial charge in [0, 0.05) is 16.1 Å². The summed E-state index contributed by atoms with van der Waals surface area (Å²) in [7, 11) is 0. The maximum Gasteiger partial charge on any atom is 0.124 e. The number of halogens is 3. The van der Waals surface area contributed by atoms with Gasteiger partial charge in [-0.2, -0.15) is 0 Å². The maximum atomic E-state index is 13.3. The summed E-state index contributed by atoms with van der Waals surface area (Å²) < 4.78 is 32.7. The highest BCUT2D eigenvalue weighted by atomic mass is 79.9. The second-order valence-electron chi connectivity index (χ2n) is 4.96. The summed E-state index contributed by atoms with van der Waals surface area (Å²) in [6, 6.07) is 8.67. The van der Waals surface area contributed by atoms with Gasteiger partial charge in [0.1, 0.15) is 24.0 Å². The minimum atomic E-state index is -0.319. The molecule has 2 aromatic carbocycles. The zero-order valence-corrected chi connectivity index (χ0v) is 13.2. The first-order valence-electron chi connectivity index (χ1n) is 6.56. The molecule has 0 aromatic heterocycles. The van der Waals surface area contributed by atoms with E-state index in [0.717, 1.165) is 11.1 Å². The van der Waals surface area contributed by atoms with Crippen molar-refractivity contribution in [3.63, 3.8) is 0 Å². The summed E-state index contributed by atoms with van der Waals surface area (Å²) in [6.07, 6.45) is 0.525. The van der Waals surface area contributed by atoms with Crippen molar-refractivity contribution in [1.82, 2.24) is 0 Å². The van der Waals surface area contributed by atoms with Crippen molar-refractivity contribution in [3.8, 4) is 5.75 Å². The van der Waals surface area contributed by atoms with Crippen molar-refractivity contribution < 1.29 is 13.5 Å². The average molecular weight is 356 g/mol. The highest BCUT2D eigenvalue weighted by Crippen LogP contribution is 2.24. The third-order valence-electron chi connectivity index (χ3n) is 2.96. The molecule has 0 bridgehead atoms. The Kier molecular flexibility index (Phi) is 5.31. The summed E-state index contributed by atoms with van der Waals surface area (Å²) in [6.45, 7) is 2.11. The Labute approximate surface area is 131 Å². The van der Waals surface area contributed by atoms with Gasteiger partial charge in [0.25, 0.3) is 0 Å². The molecule has 0 amide bonds. The molecule has 2 aromatic rings. The fourth-order valence-electron chi connectivity index (χ4n) is 1.99. The standard InChI is InChI=1S/C16H16BrF2NO/c1-10(20)6-12-7-13(18)4-5-16(12)21-9-11-2-3-14(19)8-15(11)17/h2-5,7-8,10H,6,9,20H2,1H3. The van der Waals surface area contributed by atoms with Gasteiger partial charge in [-0.1, -0.05) is 22.0 Å². The van der Waals surface area contributed by atoms with E-state index in [9.17, 15) is 8.78 Å². The molecule has 0 heterocycles. The van der Waals surface area contributed by atoms with E-state index in [4.69, 9.17) is 10.5 Å². The van der Waals surface area contributed by atoms with E-state index in [1.165, 1.54) is 24.3 Å². The highest BCUT2D eigenvalue weighted by Gasteiger charge is 2.09. The highest BCUT2D eigenvalue weighted by molar-refractivity contribution is 9.10. The molecule has 112 valence electrons. The third kappa shape index (κ3) is 4.51. The fourth-order valence-corrected chi connectivity index (χ4v) is 2.45. The van der Waals surface area contributed by atoms with Crippen LogP contribution in [0.1, 0.15) is 18.1 Å². The lowest BCUT2D eigenvalue weighted by Crippen LogP contribution is -2.18. The quantitative estimate of drug-likeness (QED) is 0.872. The van der Waals surface area contributed by atoms with Gasteiger partial charge in [0.15, 0.2) is 0 Å². The molecular formula is C16H16BrF2NO. The van der Waals surface area contributed by atoms with Gasteiger partial charge in [-0.05, 0) is 49.2 Å². The Morgan fingerprint density at radius 3 is 2.43 bits per heavy atom. The predicted octanol–water partition coefficient (Wildman–Crippen LogP) is 4.20. The van der Waals surface area contributed by atoms with Crippen LogP contribution in [0.3, 0.4) is 0 Å². The molecule has 0 aliphatic heterocycles. The van der Waals surface area contributed by atoms with E-state index < -0.39 is 0 Å². The van der Waals surface area contributed by atoms with Gasteiger partial charge in [0.2, 0.25) is 0 Å². The molecular weight excluding hydrogens is 340 g/mol. The van der Waals surface area contributed by atoms with Crippen molar-refractivity contribution in [2.24, 2.45) is 5.73 Å². The van der Waals surface area contributed by atoms with Crippen molar-refractivity contribution in [2.45, 2.75) is 26.0 Å². The van der Waals surface area contributed by atoms with E-state index in [2.05, 4.69) is 15.9 Å². The number of hydrogen-bond acceptors (Lipinski definition) is 2. The number of hydrogen-bond donors (Lipinski definition) is 1. The first-order chi connectivity index (χ1) is 9.95. The summed E-state index contributed by atoms with van der Waals surface area (Å²) >= 11 is 3.29. The number of benzene rings is 2. The molecule has 5 heteroatoms. The number of nitrogens with two attached hydrogens (primary N) is 1. The van der Waals surface area contributed by atoms with Gasteiger partial charge in [-0.3, -0.25) is 0 Å². The van der Waals surface area contributed by atoms with Crippen molar-refractivity contribution >= 4 is 15.9 Å². The van der Waals surface area contributed by atoms with Gasteiger partial charge in [0.05, 0.1) is 0 Å². The minimum Gasteiger partial charge on any atom is -0.489 e. The van der Waals surface area contributed by atoms with Crippen LogP contribution in [0.15, 0.2) is 40.9 Å². The van der Waals surface area contributed by atoms with E-state index in [1.54, 1.807) is 12.1 Å². The Morgan fingerprint density at radius 1 is 1.10 bits per heavy atom. The van der Waals surface area contributed by atoms with Crippen LogP contribution < -0.4 is 10.5 Å². The van der Waals surface area contributed by atoms with Crippen LogP contribution >= 0.6 is 15.9 Å². The van der Waals surface area contributed by atoms with Gasteiger partial charge >= 0.3 is 0 Å². The molecule has 0 fully saturated rings. The summed E-state index contributed by atoms with van der Waals surface area (Å²) in [5.74, 6) is -0.0454. The Morgan fingerprint density at radius 2 is 1.76 bits per heavy atom. The number of rotatable bonds is 5. The second kappa shape index (κ2) is 7.00. The molecule has 1 atom stereocenters. The van der Waals surface area contributed by atoms with Crippen molar-refractivity contribution in [2.75, 3.05) is 0 Å². The van der Waals surface area contributed by atoms with Crippen molar-refractivity contribution in [1.29, 1.82) is 0 Å². The molecule has 0 aliphatic carbocycles. The molecule has 0 aliphatic rings. The third-order valence-corrected chi connectivity index (χ3v) is 3.70. The van der Waals surface area contributed by atoms with E-state index in [0.29, 0.717) is 16.6 Å². The van der Waals surface area contributed by atoms with E-state index in [1.807, 2.05) is 6.92 Å². The molecule has 2 nitrogen and oxygen atoms in total. The fraction of sp³-hybridized carbons (Fsp3) is 0.250. The monoisotopic (exact) mass is 355 g/mol. The zero-order chi connectivity index (χ0) is 15.4. The van der Waals surface area contributed by atoms with Crippen LogP contribution in [0.5, 0.6) is 5.75 Å². The average Bonchev–Trinajstić information content (AvgIpc) is 2.39. The molecule has 0 radical (unpaired) electrons. The molecule has 21 heavy (non-hydrogen) atoms. The summed E-state index contributed by atoms with van der Waals surface area (Å²) in [4.78, 5) is 0. The maximum absolute atomic E-state index is 13.3. The summed E-state index contributed by atoms with van der Waals surface area (Å²) in [5, 5.41) is 0. The lowest BCUT2D eigenvalue weighted by Gasteiger charge is -2.14. The largest absolute Gasteiger partial charge is 0.489 e.